The van der Waals surface area contributed by atoms with E-state index < -0.39 is 92.7 Å². The summed E-state index contributed by atoms with van der Waals surface area (Å²) in [6.07, 6.45) is 27.6. The Hall–Kier alpha value is -2.02. The highest BCUT2D eigenvalue weighted by molar-refractivity contribution is 5.70. The number of carbonyl (C=O) groups excluding carboxylic acids is 2. The first kappa shape index (κ1) is 64.1. The zero-order chi connectivity index (χ0) is 51.0. The second kappa shape index (κ2) is 42.3. The minimum atomic E-state index is -1.76. The van der Waals surface area contributed by atoms with Gasteiger partial charge in [-0.3, -0.25) is 9.59 Å². The minimum Gasteiger partial charge on any atom is -0.462 e. The number of esters is 2. The van der Waals surface area contributed by atoms with Crippen molar-refractivity contribution < 1.29 is 73.8 Å². The Kier molecular flexibility index (Phi) is 38.8. The van der Waals surface area contributed by atoms with E-state index >= 15 is 0 Å². The summed E-state index contributed by atoms with van der Waals surface area (Å²) in [6.45, 7) is 2.60. The average molecular weight is 1000 g/mol. The van der Waals surface area contributed by atoms with Gasteiger partial charge in [0.25, 0.3) is 0 Å². The van der Waals surface area contributed by atoms with Crippen LogP contribution in [0.25, 0.3) is 0 Å². The van der Waals surface area contributed by atoms with Crippen LogP contribution >= 0.6 is 0 Å². The Balaban J connectivity index is 1.78. The van der Waals surface area contributed by atoms with Crippen molar-refractivity contribution in [3.63, 3.8) is 0 Å². The molecular formula is C55H100O15. The van der Waals surface area contributed by atoms with Crippen molar-refractivity contribution in [2.24, 2.45) is 0 Å². The SMILES string of the molecule is CCCCCC/C=C/CCCCCCCCCCCC(=O)O[C@@H](COC(=O)CCCCCCCCC/C=C/CCCCCCCC)CO[C@@H]1O[C@H](CO[C@@H]2O[C@H](CO)[C@H](O)C(O)C2O)[C@H](O)C(O)C1O. The van der Waals surface area contributed by atoms with E-state index in [9.17, 15) is 45.3 Å². The molecular weight excluding hydrogens is 901 g/mol. The largest absolute Gasteiger partial charge is 0.462 e. The van der Waals surface area contributed by atoms with Crippen molar-refractivity contribution in [2.45, 2.75) is 287 Å². The number of ether oxygens (including phenoxy) is 6. The van der Waals surface area contributed by atoms with Gasteiger partial charge in [-0.1, -0.05) is 167 Å². The van der Waals surface area contributed by atoms with Crippen molar-refractivity contribution in [1.29, 1.82) is 0 Å². The Morgan fingerprint density at radius 3 is 1.27 bits per heavy atom. The van der Waals surface area contributed by atoms with E-state index in [0.29, 0.717) is 12.8 Å². The molecule has 0 amide bonds. The van der Waals surface area contributed by atoms with E-state index in [1.54, 1.807) is 0 Å². The van der Waals surface area contributed by atoms with E-state index in [0.717, 1.165) is 51.4 Å². The molecule has 0 aromatic rings. The summed E-state index contributed by atoms with van der Waals surface area (Å²) in [6, 6.07) is 0. The molecule has 7 N–H and O–H groups in total. The maximum Gasteiger partial charge on any atom is 0.306 e. The first-order valence-electron chi connectivity index (χ1n) is 27.9. The lowest BCUT2D eigenvalue weighted by molar-refractivity contribution is -0.332. The van der Waals surface area contributed by atoms with Crippen molar-refractivity contribution in [3.8, 4) is 0 Å². The molecule has 2 aliphatic rings. The van der Waals surface area contributed by atoms with Crippen molar-refractivity contribution in [3.05, 3.63) is 24.3 Å². The van der Waals surface area contributed by atoms with Gasteiger partial charge in [-0.2, -0.15) is 0 Å². The summed E-state index contributed by atoms with van der Waals surface area (Å²) in [5.41, 5.74) is 0. The van der Waals surface area contributed by atoms with Gasteiger partial charge in [0, 0.05) is 12.8 Å². The summed E-state index contributed by atoms with van der Waals surface area (Å²) in [5.74, 6) is -0.924. The molecule has 0 saturated carbocycles. The van der Waals surface area contributed by atoms with Gasteiger partial charge in [-0.25, -0.2) is 0 Å². The van der Waals surface area contributed by atoms with Crippen LogP contribution in [0.5, 0.6) is 0 Å². The number of carbonyl (C=O) groups is 2. The molecule has 2 saturated heterocycles. The first-order valence-corrected chi connectivity index (χ1v) is 27.9. The molecule has 0 bridgehead atoms. The maximum absolute atomic E-state index is 13.0. The van der Waals surface area contributed by atoms with Gasteiger partial charge in [0.05, 0.1) is 19.8 Å². The van der Waals surface area contributed by atoms with Gasteiger partial charge in [0.1, 0.15) is 55.4 Å². The van der Waals surface area contributed by atoms with Gasteiger partial charge in [-0.05, 0) is 64.2 Å². The van der Waals surface area contributed by atoms with E-state index in [2.05, 4.69) is 38.2 Å². The fourth-order valence-corrected chi connectivity index (χ4v) is 8.80. The molecule has 0 radical (unpaired) electrons. The van der Waals surface area contributed by atoms with Crippen LogP contribution < -0.4 is 0 Å². The number of unbranched alkanes of at least 4 members (excludes halogenated alkanes) is 26. The van der Waals surface area contributed by atoms with Gasteiger partial charge in [-0.15, -0.1) is 0 Å². The number of hydrogen-bond acceptors (Lipinski definition) is 15. The molecule has 15 heteroatoms. The van der Waals surface area contributed by atoms with E-state index in [-0.39, 0.29) is 26.1 Å². The topological polar surface area (TPSA) is 231 Å². The number of allylic oxidation sites excluding steroid dienone is 4. The van der Waals surface area contributed by atoms with E-state index in [4.69, 9.17) is 28.4 Å². The fourth-order valence-electron chi connectivity index (χ4n) is 8.80. The highest BCUT2D eigenvalue weighted by atomic mass is 16.7. The first-order chi connectivity index (χ1) is 34.0. The predicted octanol–water partition coefficient (Wildman–Crippen LogP) is 8.72. The van der Waals surface area contributed by atoms with Crippen LogP contribution in [0.2, 0.25) is 0 Å². The van der Waals surface area contributed by atoms with Gasteiger partial charge < -0.3 is 64.2 Å². The molecule has 0 aromatic heterocycles. The van der Waals surface area contributed by atoms with Crippen LogP contribution in [-0.4, -0.2) is 142 Å². The second-order valence-electron chi connectivity index (χ2n) is 19.8. The van der Waals surface area contributed by atoms with Crippen molar-refractivity contribution in [1.82, 2.24) is 0 Å². The summed E-state index contributed by atoms with van der Waals surface area (Å²) in [4.78, 5) is 25.8. The maximum atomic E-state index is 13.0. The smallest absolute Gasteiger partial charge is 0.306 e. The Morgan fingerprint density at radius 2 is 0.814 bits per heavy atom. The lowest BCUT2D eigenvalue weighted by Crippen LogP contribution is -2.61. The molecule has 4 unspecified atom stereocenters. The second-order valence-corrected chi connectivity index (χ2v) is 19.8. The van der Waals surface area contributed by atoms with Crippen LogP contribution in [0.3, 0.4) is 0 Å². The average Bonchev–Trinajstić information content (AvgIpc) is 3.35. The third-order valence-corrected chi connectivity index (χ3v) is 13.4. The number of aliphatic hydroxyl groups is 7. The van der Waals surface area contributed by atoms with E-state index in [1.807, 2.05) is 0 Å². The molecule has 410 valence electrons. The fraction of sp³-hybridized carbons (Fsp3) is 0.891. The summed E-state index contributed by atoms with van der Waals surface area (Å²) >= 11 is 0. The predicted molar refractivity (Wildman–Crippen MR) is 271 cm³/mol. The van der Waals surface area contributed by atoms with Gasteiger partial charge >= 0.3 is 11.9 Å². The third-order valence-electron chi connectivity index (χ3n) is 13.4. The monoisotopic (exact) mass is 1000 g/mol. The molecule has 15 nitrogen and oxygen atoms in total. The van der Waals surface area contributed by atoms with Gasteiger partial charge in [0.2, 0.25) is 0 Å². The third kappa shape index (κ3) is 29.6. The number of hydrogen-bond donors (Lipinski definition) is 7. The Labute approximate surface area is 422 Å². The molecule has 0 spiro atoms. The van der Waals surface area contributed by atoms with Crippen molar-refractivity contribution in [2.75, 3.05) is 26.4 Å². The minimum absolute atomic E-state index is 0.164. The van der Waals surface area contributed by atoms with Crippen LogP contribution in [0.4, 0.5) is 0 Å². The summed E-state index contributed by atoms with van der Waals surface area (Å²) in [7, 11) is 0. The normalized spacial score (nSPS) is 25.5. The highest BCUT2D eigenvalue weighted by Crippen LogP contribution is 2.27. The summed E-state index contributed by atoms with van der Waals surface area (Å²) < 4.78 is 33.7. The number of rotatable bonds is 44. The number of aliphatic hydroxyl groups excluding tert-OH is 7. The van der Waals surface area contributed by atoms with Crippen LogP contribution in [0, 0.1) is 0 Å². The lowest BCUT2D eigenvalue weighted by Gasteiger charge is -2.42. The molecule has 2 rings (SSSR count). The summed E-state index contributed by atoms with van der Waals surface area (Å²) in [5, 5.41) is 72.2. The molecule has 0 aromatic carbocycles. The van der Waals surface area contributed by atoms with Crippen LogP contribution in [0.1, 0.15) is 219 Å². The Morgan fingerprint density at radius 1 is 0.443 bits per heavy atom. The molecule has 2 fully saturated rings. The molecule has 11 atom stereocenters. The Bertz CT molecular complexity index is 1310. The molecule has 2 aliphatic heterocycles. The zero-order valence-corrected chi connectivity index (χ0v) is 43.5. The van der Waals surface area contributed by atoms with Gasteiger partial charge in [0.15, 0.2) is 18.7 Å². The lowest BCUT2D eigenvalue weighted by atomic mass is 9.98. The molecule has 0 aliphatic carbocycles. The van der Waals surface area contributed by atoms with Crippen LogP contribution in [0.15, 0.2) is 24.3 Å². The highest BCUT2D eigenvalue weighted by Gasteiger charge is 2.47. The molecule has 70 heavy (non-hydrogen) atoms. The molecule has 2 heterocycles. The van der Waals surface area contributed by atoms with E-state index in [1.165, 1.54) is 128 Å². The standard InChI is InChI=1S/C55H100O15/c1-3-5-7-9-11-13-15-17-19-21-23-25-27-29-31-33-35-37-46(57)65-40-43(68-47(58)38-36-34-32-30-28-26-24-22-20-18-16-14-12-10-8-6-4-2)41-66-54-53(64)51(62)49(60)45(70-54)42-67-55-52(63)50(61)48(59)44(39-56)69-55/h14,16-17,19,43-45,48-56,59-64H,3-13,15,18,20-42H2,1-2H3/b16-14+,19-17+/t43-,44+,45+,48-,49-,50?,51?,52?,53?,54+,55+/m0/s1. The zero-order valence-electron chi connectivity index (χ0n) is 43.5. The van der Waals surface area contributed by atoms with Crippen molar-refractivity contribution >= 4 is 11.9 Å². The van der Waals surface area contributed by atoms with Crippen LogP contribution in [-0.2, 0) is 38.0 Å². The quantitative estimate of drug-likeness (QED) is 0.0172.